The number of halogens is 3. The second-order valence-electron chi connectivity index (χ2n) is 11.4. The van der Waals surface area contributed by atoms with E-state index in [1.807, 2.05) is 12.1 Å². The molecule has 43 heavy (non-hydrogen) atoms. The van der Waals surface area contributed by atoms with Crippen LogP contribution in [-0.4, -0.2) is 51.3 Å². The summed E-state index contributed by atoms with van der Waals surface area (Å²) in [6, 6.07) is 15.7. The van der Waals surface area contributed by atoms with Crippen molar-refractivity contribution in [3.05, 3.63) is 99.6 Å². The number of benzene rings is 3. The SMILES string of the molecule is O=C(O)c1ccc2nc(CN3CCC(c4cccc5c4O[C@@H](c4ccc(Cl)cc4F)C=C5Cl)CC3)n(C[C@@H]3CCO3)c2c1. The number of carboxylic acid groups (broad SMARTS) is 1. The lowest BCUT2D eigenvalue weighted by molar-refractivity contribution is -0.0592. The summed E-state index contributed by atoms with van der Waals surface area (Å²) in [5.74, 6) is 0.499. The van der Waals surface area contributed by atoms with Crippen molar-refractivity contribution in [3.63, 3.8) is 0 Å². The second kappa shape index (κ2) is 11.6. The van der Waals surface area contributed by atoms with Gasteiger partial charge in [0.15, 0.2) is 0 Å². The normalized spacial score (nSPS) is 20.8. The van der Waals surface area contributed by atoms with E-state index >= 15 is 0 Å². The summed E-state index contributed by atoms with van der Waals surface area (Å²) < 4.78 is 29.0. The summed E-state index contributed by atoms with van der Waals surface area (Å²) in [7, 11) is 0. The average molecular weight is 623 g/mol. The molecule has 0 radical (unpaired) electrons. The van der Waals surface area contributed by atoms with Gasteiger partial charge in [0.2, 0.25) is 0 Å². The minimum atomic E-state index is -0.952. The fourth-order valence-corrected chi connectivity index (χ4v) is 6.75. The van der Waals surface area contributed by atoms with E-state index in [4.69, 9.17) is 37.7 Å². The summed E-state index contributed by atoms with van der Waals surface area (Å²) in [5, 5.41) is 10.4. The number of para-hydroxylation sites is 1. The molecule has 1 aromatic heterocycles. The molecular weight excluding hydrogens is 592 g/mol. The molecule has 0 spiro atoms. The molecule has 3 aromatic carbocycles. The Labute approximate surface area is 258 Å². The number of likely N-dealkylation sites (tertiary alicyclic amines) is 1. The Kier molecular flexibility index (Phi) is 7.63. The van der Waals surface area contributed by atoms with Crippen LogP contribution in [0.1, 0.15) is 64.2 Å². The molecule has 0 amide bonds. The van der Waals surface area contributed by atoms with Crippen molar-refractivity contribution >= 4 is 45.2 Å². The van der Waals surface area contributed by atoms with Crippen molar-refractivity contribution in [3.8, 4) is 5.75 Å². The third kappa shape index (κ3) is 5.53. The van der Waals surface area contributed by atoms with Crippen molar-refractivity contribution in [2.45, 2.75) is 50.5 Å². The lowest BCUT2D eigenvalue weighted by atomic mass is 9.87. The molecule has 3 aliphatic heterocycles. The van der Waals surface area contributed by atoms with Gasteiger partial charge >= 0.3 is 5.97 Å². The van der Waals surface area contributed by atoms with Gasteiger partial charge in [-0.3, -0.25) is 4.90 Å². The monoisotopic (exact) mass is 621 g/mol. The standard InChI is InChI=1S/C33H30Cl2FN3O4/c34-21-5-6-25(27(36)15-21)30-16-26(35)24-3-1-2-23(32(24)43-30)19-8-11-38(12-9-19)18-31-37-28-7-4-20(33(40)41)14-29(28)39(31)17-22-10-13-42-22/h1-7,14-16,19,22,30H,8-13,17-18H2,(H,40,41)/t22-,30+/m0/s1. The molecule has 1 N–H and O–H groups in total. The van der Waals surface area contributed by atoms with Crippen LogP contribution >= 0.6 is 23.2 Å². The molecule has 3 aliphatic rings. The number of rotatable bonds is 7. The van der Waals surface area contributed by atoms with Gasteiger partial charge < -0.3 is 19.1 Å². The summed E-state index contributed by atoms with van der Waals surface area (Å²) in [6.45, 7) is 3.78. The highest BCUT2D eigenvalue weighted by Gasteiger charge is 2.31. The van der Waals surface area contributed by atoms with Crippen molar-refractivity contribution < 1.29 is 23.8 Å². The number of aromatic carboxylic acids is 1. The van der Waals surface area contributed by atoms with E-state index in [-0.39, 0.29) is 17.6 Å². The summed E-state index contributed by atoms with van der Waals surface area (Å²) in [4.78, 5) is 18.9. The lowest BCUT2D eigenvalue weighted by Gasteiger charge is -2.34. The fraction of sp³-hybridized carbons (Fsp3) is 0.333. The van der Waals surface area contributed by atoms with Crippen LogP contribution < -0.4 is 4.74 Å². The summed E-state index contributed by atoms with van der Waals surface area (Å²) in [6.07, 6.45) is 4.02. The molecule has 7 nitrogen and oxygen atoms in total. The molecular formula is C33H30Cl2FN3O4. The number of ether oxygens (including phenoxy) is 2. The number of imidazole rings is 1. The number of carboxylic acids is 1. The number of nitrogens with zero attached hydrogens (tertiary/aromatic N) is 3. The topological polar surface area (TPSA) is 76.8 Å². The number of fused-ring (bicyclic) bond motifs is 2. The van der Waals surface area contributed by atoms with Gasteiger partial charge in [-0.1, -0.05) is 41.4 Å². The van der Waals surface area contributed by atoms with Crippen LogP contribution in [-0.2, 0) is 17.8 Å². The highest BCUT2D eigenvalue weighted by Crippen LogP contribution is 2.46. The zero-order valence-electron chi connectivity index (χ0n) is 23.3. The van der Waals surface area contributed by atoms with Gasteiger partial charge in [-0.15, -0.1) is 0 Å². The van der Waals surface area contributed by atoms with Crippen LogP contribution in [0.3, 0.4) is 0 Å². The van der Waals surface area contributed by atoms with E-state index in [1.165, 1.54) is 6.07 Å². The molecule has 0 saturated carbocycles. The van der Waals surface area contributed by atoms with Gasteiger partial charge in [-0.25, -0.2) is 14.2 Å². The highest BCUT2D eigenvalue weighted by atomic mass is 35.5. The first kappa shape index (κ1) is 28.3. The van der Waals surface area contributed by atoms with Gasteiger partial charge in [-0.2, -0.15) is 0 Å². The summed E-state index contributed by atoms with van der Waals surface area (Å²) in [5.41, 5.74) is 4.16. The third-order valence-corrected chi connectivity index (χ3v) is 9.33. The van der Waals surface area contributed by atoms with E-state index in [0.717, 1.165) is 66.9 Å². The minimum Gasteiger partial charge on any atom is -0.480 e. The maximum absolute atomic E-state index is 14.8. The Bertz CT molecular complexity index is 1740. The first-order chi connectivity index (χ1) is 20.8. The molecule has 4 heterocycles. The molecule has 222 valence electrons. The number of aromatic nitrogens is 2. The highest BCUT2D eigenvalue weighted by molar-refractivity contribution is 6.49. The van der Waals surface area contributed by atoms with E-state index in [2.05, 4.69) is 15.5 Å². The molecule has 2 atom stereocenters. The zero-order chi connectivity index (χ0) is 29.7. The molecule has 0 aliphatic carbocycles. The van der Waals surface area contributed by atoms with Crippen LogP contribution in [0.5, 0.6) is 5.75 Å². The van der Waals surface area contributed by atoms with E-state index in [9.17, 15) is 14.3 Å². The first-order valence-corrected chi connectivity index (χ1v) is 15.3. The van der Waals surface area contributed by atoms with Crippen LogP contribution in [0, 0.1) is 5.82 Å². The maximum atomic E-state index is 14.8. The average Bonchev–Trinajstić information content (AvgIpc) is 3.31. The molecule has 2 fully saturated rings. The third-order valence-electron chi connectivity index (χ3n) is 8.76. The lowest BCUT2D eigenvalue weighted by Crippen LogP contribution is -2.35. The zero-order valence-corrected chi connectivity index (χ0v) is 24.8. The second-order valence-corrected chi connectivity index (χ2v) is 12.3. The summed E-state index contributed by atoms with van der Waals surface area (Å²) >= 11 is 12.7. The van der Waals surface area contributed by atoms with E-state index in [0.29, 0.717) is 34.5 Å². The predicted molar refractivity (Wildman–Crippen MR) is 163 cm³/mol. The van der Waals surface area contributed by atoms with Crippen LogP contribution in [0.2, 0.25) is 5.02 Å². The molecule has 0 bridgehead atoms. The van der Waals surface area contributed by atoms with E-state index in [1.54, 1.807) is 36.4 Å². The van der Waals surface area contributed by atoms with Gasteiger partial charge in [-0.05, 0) is 86.3 Å². The van der Waals surface area contributed by atoms with Crippen molar-refractivity contribution in [2.24, 2.45) is 0 Å². The Morgan fingerprint density at radius 1 is 1.05 bits per heavy atom. The van der Waals surface area contributed by atoms with Gasteiger partial charge in [0, 0.05) is 22.8 Å². The van der Waals surface area contributed by atoms with Crippen LogP contribution in [0.25, 0.3) is 16.1 Å². The fourth-order valence-electron chi connectivity index (χ4n) is 6.33. The number of hydrogen-bond acceptors (Lipinski definition) is 5. The first-order valence-electron chi connectivity index (χ1n) is 14.5. The van der Waals surface area contributed by atoms with Crippen LogP contribution in [0.15, 0.2) is 60.7 Å². The van der Waals surface area contributed by atoms with Crippen molar-refractivity contribution in [2.75, 3.05) is 19.7 Å². The van der Waals surface area contributed by atoms with Crippen molar-refractivity contribution in [1.29, 1.82) is 0 Å². The smallest absolute Gasteiger partial charge is 0.335 e. The Balaban J connectivity index is 1.10. The maximum Gasteiger partial charge on any atom is 0.335 e. The predicted octanol–water partition coefficient (Wildman–Crippen LogP) is 7.41. The van der Waals surface area contributed by atoms with Gasteiger partial charge in [0.05, 0.1) is 40.8 Å². The number of hydrogen-bond donors (Lipinski definition) is 1. The largest absolute Gasteiger partial charge is 0.480 e. The van der Waals surface area contributed by atoms with Gasteiger partial charge in [0.25, 0.3) is 0 Å². The molecule has 10 heteroatoms. The molecule has 0 unspecified atom stereocenters. The van der Waals surface area contributed by atoms with Crippen LogP contribution in [0.4, 0.5) is 4.39 Å². The molecule has 2 saturated heterocycles. The van der Waals surface area contributed by atoms with Gasteiger partial charge in [0.1, 0.15) is 23.5 Å². The Morgan fingerprint density at radius 3 is 2.58 bits per heavy atom. The number of carbonyl (C=O) groups is 1. The van der Waals surface area contributed by atoms with Crippen molar-refractivity contribution in [1.82, 2.24) is 14.5 Å². The number of piperidine rings is 1. The molecule has 4 aromatic rings. The van der Waals surface area contributed by atoms with E-state index < -0.39 is 17.9 Å². The Hall–Kier alpha value is -3.43. The minimum absolute atomic E-state index is 0.116. The Morgan fingerprint density at radius 2 is 1.86 bits per heavy atom. The molecule has 7 rings (SSSR count). The quantitative estimate of drug-likeness (QED) is 0.231.